The molecule has 2 amide bonds. The first-order valence-electron chi connectivity index (χ1n) is 7.23. The van der Waals surface area contributed by atoms with Crippen LogP contribution >= 0.6 is 0 Å². The molecule has 0 atom stereocenters. The lowest BCUT2D eigenvalue weighted by molar-refractivity contribution is 0.252. The number of nitrogens with two attached hydrogens (primary N) is 1. The van der Waals surface area contributed by atoms with Crippen LogP contribution < -0.4 is 25.8 Å². The van der Waals surface area contributed by atoms with E-state index in [1.807, 2.05) is 18.2 Å². The van der Waals surface area contributed by atoms with Gasteiger partial charge in [0.1, 0.15) is 0 Å². The monoisotopic (exact) mass is 315 g/mol. The summed E-state index contributed by atoms with van der Waals surface area (Å²) >= 11 is 0. The lowest BCUT2D eigenvalue weighted by Gasteiger charge is -2.10. The number of carbonyl (C=O) groups is 1. The summed E-state index contributed by atoms with van der Waals surface area (Å²) in [7, 11) is 3.20. The molecule has 0 fully saturated rings. The minimum atomic E-state index is -0.254. The van der Waals surface area contributed by atoms with Gasteiger partial charge in [-0.25, -0.2) is 4.79 Å². The predicted octanol–water partition coefficient (Wildman–Crippen LogP) is 2.65. The Labute approximate surface area is 135 Å². The normalized spacial score (nSPS) is 10.0. The molecule has 23 heavy (non-hydrogen) atoms. The Balaban J connectivity index is 1.82. The van der Waals surface area contributed by atoms with Crippen molar-refractivity contribution >= 4 is 17.4 Å². The Morgan fingerprint density at radius 2 is 1.74 bits per heavy atom. The van der Waals surface area contributed by atoms with Crippen LogP contribution in [0, 0.1) is 0 Å². The van der Waals surface area contributed by atoms with E-state index >= 15 is 0 Å². The number of urea groups is 1. The number of hydrogen-bond acceptors (Lipinski definition) is 4. The average Bonchev–Trinajstić information content (AvgIpc) is 2.56. The molecule has 6 nitrogen and oxygen atoms in total. The lowest BCUT2D eigenvalue weighted by Crippen LogP contribution is -2.30. The molecule has 6 heteroatoms. The molecule has 0 spiro atoms. The molecule has 0 unspecified atom stereocenters. The summed E-state index contributed by atoms with van der Waals surface area (Å²) in [4.78, 5) is 11.8. The van der Waals surface area contributed by atoms with Crippen molar-refractivity contribution < 1.29 is 14.3 Å². The van der Waals surface area contributed by atoms with Gasteiger partial charge in [0.2, 0.25) is 0 Å². The highest BCUT2D eigenvalue weighted by atomic mass is 16.5. The summed E-state index contributed by atoms with van der Waals surface area (Å²) in [6.07, 6.45) is 0.690. The van der Waals surface area contributed by atoms with Crippen molar-refractivity contribution in [3.8, 4) is 11.5 Å². The van der Waals surface area contributed by atoms with Crippen LogP contribution in [0.2, 0.25) is 0 Å². The highest BCUT2D eigenvalue weighted by Crippen LogP contribution is 2.27. The van der Waals surface area contributed by atoms with Crippen molar-refractivity contribution in [1.29, 1.82) is 0 Å². The Bertz CT molecular complexity index is 657. The molecule has 0 saturated heterocycles. The molecule has 2 aromatic rings. The maximum atomic E-state index is 11.8. The molecule has 122 valence electrons. The van der Waals surface area contributed by atoms with Gasteiger partial charge >= 0.3 is 6.03 Å². The van der Waals surface area contributed by atoms with Crippen molar-refractivity contribution in [2.24, 2.45) is 0 Å². The first-order valence-corrected chi connectivity index (χ1v) is 7.23. The molecule has 0 heterocycles. The fourth-order valence-electron chi connectivity index (χ4n) is 2.10. The van der Waals surface area contributed by atoms with Gasteiger partial charge in [-0.1, -0.05) is 6.07 Å². The molecule has 0 aliphatic carbocycles. The molecule has 0 saturated carbocycles. The standard InChI is InChI=1S/C17H21N3O3/c1-22-15-8-3-12(11-16(15)23-2)9-10-19-17(21)20-14-6-4-13(18)5-7-14/h3-8,11H,9-10,18H2,1-2H3,(H2,19,20,21). The summed E-state index contributed by atoms with van der Waals surface area (Å²) in [5.41, 5.74) is 8.00. The fraction of sp³-hybridized carbons (Fsp3) is 0.235. The molecule has 2 aromatic carbocycles. The van der Waals surface area contributed by atoms with Gasteiger partial charge in [-0.15, -0.1) is 0 Å². The summed E-state index contributed by atoms with van der Waals surface area (Å²) in [6, 6.07) is 12.4. The van der Waals surface area contributed by atoms with E-state index in [1.165, 1.54) is 0 Å². The van der Waals surface area contributed by atoms with E-state index in [1.54, 1.807) is 38.5 Å². The van der Waals surface area contributed by atoms with E-state index < -0.39 is 0 Å². The van der Waals surface area contributed by atoms with Gasteiger partial charge in [0.15, 0.2) is 11.5 Å². The van der Waals surface area contributed by atoms with Crippen molar-refractivity contribution in [3.05, 3.63) is 48.0 Å². The largest absolute Gasteiger partial charge is 0.493 e. The smallest absolute Gasteiger partial charge is 0.319 e. The second kappa shape index (κ2) is 7.93. The molecule has 0 aromatic heterocycles. The van der Waals surface area contributed by atoms with Crippen LogP contribution in [0.4, 0.5) is 16.2 Å². The van der Waals surface area contributed by atoms with Crippen LogP contribution in [0.5, 0.6) is 11.5 Å². The van der Waals surface area contributed by atoms with Crippen molar-refractivity contribution in [3.63, 3.8) is 0 Å². The number of benzene rings is 2. The summed E-state index contributed by atoms with van der Waals surface area (Å²) in [5, 5.41) is 5.55. The molecule has 0 aliphatic heterocycles. The third-order valence-electron chi connectivity index (χ3n) is 3.32. The van der Waals surface area contributed by atoms with Crippen molar-refractivity contribution in [1.82, 2.24) is 5.32 Å². The Hall–Kier alpha value is -2.89. The van der Waals surface area contributed by atoms with E-state index in [4.69, 9.17) is 15.2 Å². The van der Waals surface area contributed by atoms with Crippen LogP contribution in [0.1, 0.15) is 5.56 Å². The lowest BCUT2D eigenvalue weighted by atomic mass is 10.1. The third kappa shape index (κ3) is 4.81. The zero-order valence-electron chi connectivity index (χ0n) is 13.3. The van der Waals surface area contributed by atoms with Gasteiger partial charge in [0.25, 0.3) is 0 Å². The second-order valence-electron chi connectivity index (χ2n) is 4.94. The van der Waals surface area contributed by atoms with E-state index in [0.717, 1.165) is 5.56 Å². The van der Waals surface area contributed by atoms with Gasteiger partial charge in [0.05, 0.1) is 14.2 Å². The minimum Gasteiger partial charge on any atom is -0.493 e. The number of rotatable bonds is 6. The zero-order chi connectivity index (χ0) is 16.7. The zero-order valence-corrected chi connectivity index (χ0v) is 13.3. The van der Waals surface area contributed by atoms with Crippen molar-refractivity contribution in [2.75, 3.05) is 31.8 Å². The SMILES string of the molecule is COc1ccc(CCNC(=O)Nc2ccc(N)cc2)cc1OC. The highest BCUT2D eigenvalue weighted by molar-refractivity contribution is 5.89. The fourth-order valence-corrected chi connectivity index (χ4v) is 2.10. The number of methoxy groups -OCH3 is 2. The summed E-state index contributed by atoms with van der Waals surface area (Å²) < 4.78 is 10.5. The van der Waals surface area contributed by atoms with Crippen LogP contribution in [0.3, 0.4) is 0 Å². The van der Waals surface area contributed by atoms with Crippen molar-refractivity contribution in [2.45, 2.75) is 6.42 Å². The Morgan fingerprint density at radius 1 is 1.04 bits per heavy atom. The Morgan fingerprint density at radius 3 is 2.39 bits per heavy atom. The third-order valence-corrected chi connectivity index (χ3v) is 3.32. The average molecular weight is 315 g/mol. The van der Waals surface area contributed by atoms with Crippen LogP contribution in [-0.2, 0) is 6.42 Å². The number of ether oxygens (including phenoxy) is 2. The maximum Gasteiger partial charge on any atom is 0.319 e. The molecule has 0 radical (unpaired) electrons. The highest BCUT2D eigenvalue weighted by Gasteiger charge is 2.05. The van der Waals surface area contributed by atoms with Gasteiger partial charge in [-0.3, -0.25) is 0 Å². The Kier molecular flexibility index (Phi) is 5.68. The summed E-state index contributed by atoms with van der Waals surface area (Å²) in [6.45, 7) is 0.510. The summed E-state index contributed by atoms with van der Waals surface area (Å²) in [5.74, 6) is 1.36. The minimum absolute atomic E-state index is 0.254. The van der Waals surface area contributed by atoms with Crippen LogP contribution in [0.25, 0.3) is 0 Å². The van der Waals surface area contributed by atoms with Gasteiger partial charge in [0, 0.05) is 17.9 Å². The van der Waals surface area contributed by atoms with E-state index in [0.29, 0.717) is 35.8 Å². The predicted molar refractivity (Wildman–Crippen MR) is 91.1 cm³/mol. The molecule has 0 bridgehead atoms. The number of nitrogen functional groups attached to an aromatic ring is 1. The number of anilines is 2. The number of carbonyl (C=O) groups excluding carboxylic acids is 1. The van der Waals surface area contributed by atoms with E-state index in [-0.39, 0.29) is 6.03 Å². The molecule has 4 N–H and O–H groups in total. The molecule has 0 aliphatic rings. The van der Waals surface area contributed by atoms with E-state index in [2.05, 4.69) is 10.6 Å². The second-order valence-corrected chi connectivity index (χ2v) is 4.94. The van der Waals surface area contributed by atoms with Crippen LogP contribution in [0.15, 0.2) is 42.5 Å². The number of hydrogen-bond donors (Lipinski definition) is 3. The van der Waals surface area contributed by atoms with Gasteiger partial charge in [-0.05, 0) is 48.4 Å². The number of amides is 2. The molecular weight excluding hydrogens is 294 g/mol. The van der Waals surface area contributed by atoms with Gasteiger partial charge in [-0.2, -0.15) is 0 Å². The molecular formula is C17H21N3O3. The van der Waals surface area contributed by atoms with E-state index in [9.17, 15) is 4.79 Å². The first kappa shape index (κ1) is 16.5. The quantitative estimate of drug-likeness (QED) is 0.715. The topological polar surface area (TPSA) is 85.6 Å². The number of nitrogens with one attached hydrogen (secondary N) is 2. The molecule has 2 rings (SSSR count). The maximum absolute atomic E-state index is 11.8. The first-order chi connectivity index (χ1) is 11.1. The van der Waals surface area contributed by atoms with Crippen LogP contribution in [-0.4, -0.2) is 26.8 Å². The van der Waals surface area contributed by atoms with Gasteiger partial charge < -0.3 is 25.8 Å².